The van der Waals surface area contributed by atoms with E-state index < -0.39 is 0 Å². The van der Waals surface area contributed by atoms with E-state index in [9.17, 15) is 4.79 Å². The van der Waals surface area contributed by atoms with Gasteiger partial charge in [-0.15, -0.1) is 0 Å². The lowest BCUT2D eigenvalue weighted by molar-refractivity contribution is 0.0660. The second kappa shape index (κ2) is 5.93. The summed E-state index contributed by atoms with van der Waals surface area (Å²) in [6, 6.07) is 1.83. The molecule has 6 heteroatoms. The molecular weight excluding hydrogens is 258 g/mol. The van der Waals surface area contributed by atoms with E-state index >= 15 is 0 Å². The van der Waals surface area contributed by atoms with Gasteiger partial charge in [-0.25, -0.2) is 0 Å². The molecule has 110 valence electrons. The van der Waals surface area contributed by atoms with E-state index in [-0.39, 0.29) is 18.1 Å². The van der Waals surface area contributed by atoms with Crippen molar-refractivity contribution in [2.75, 3.05) is 33.3 Å². The third kappa shape index (κ3) is 2.71. The van der Waals surface area contributed by atoms with Crippen LogP contribution in [0, 0.1) is 0 Å². The molecule has 2 fully saturated rings. The Hall–Kier alpha value is -1.40. The number of methoxy groups -OCH3 is 1. The number of hydrogen-bond acceptors (Lipinski definition) is 5. The van der Waals surface area contributed by atoms with E-state index in [1.165, 1.54) is 19.1 Å². The van der Waals surface area contributed by atoms with Gasteiger partial charge in [0.25, 0.3) is 5.91 Å². The van der Waals surface area contributed by atoms with Gasteiger partial charge >= 0.3 is 0 Å². The van der Waals surface area contributed by atoms with E-state index in [1.54, 1.807) is 13.2 Å². The Morgan fingerprint density at radius 3 is 2.95 bits per heavy atom. The third-order valence-corrected chi connectivity index (χ3v) is 4.29. The Labute approximate surface area is 118 Å². The van der Waals surface area contributed by atoms with E-state index in [2.05, 4.69) is 10.1 Å². The Morgan fingerprint density at radius 1 is 1.50 bits per heavy atom. The zero-order valence-corrected chi connectivity index (χ0v) is 11.8. The van der Waals surface area contributed by atoms with Crippen molar-refractivity contribution in [3.63, 3.8) is 0 Å². The first kappa shape index (κ1) is 13.6. The van der Waals surface area contributed by atoms with E-state index in [4.69, 9.17) is 9.26 Å². The predicted molar refractivity (Wildman–Crippen MR) is 72.4 cm³/mol. The molecule has 2 aliphatic rings. The normalized spacial score (nSPS) is 27.4. The van der Waals surface area contributed by atoms with Gasteiger partial charge in [0, 0.05) is 32.3 Å². The zero-order valence-electron chi connectivity index (χ0n) is 11.8. The maximum Gasteiger partial charge on any atom is 0.276 e. The van der Waals surface area contributed by atoms with Gasteiger partial charge in [-0.05, 0) is 32.4 Å². The monoisotopic (exact) mass is 279 g/mol. The van der Waals surface area contributed by atoms with Gasteiger partial charge in [-0.1, -0.05) is 5.16 Å². The van der Waals surface area contributed by atoms with Gasteiger partial charge in [-0.3, -0.25) is 4.79 Å². The lowest BCUT2D eigenvalue weighted by atomic mass is 10.2. The molecular formula is C14H21N3O3. The molecule has 0 spiro atoms. The third-order valence-electron chi connectivity index (χ3n) is 4.29. The number of amides is 1. The van der Waals surface area contributed by atoms with E-state index in [0.29, 0.717) is 12.2 Å². The second-order valence-electron chi connectivity index (χ2n) is 5.60. The molecule has 2 aliphatic heterocycles. The quantitative estimate of drug-likeness (QED) is 0.823. The minimum absolute atomic E-state index is 0.0532. The molecule has 0 N–H and O–H groups in total. The van der Waals surface area contributed by atoms with E-state index in [0.717, 1.165) is 26.1 Å². The fourth-order valence-electron chi connectivity index (χ4n) is 3.20. The van der Waals surface area contributed by atoms with Crippen molar-refractivity contribution >= 4 is 5.91 Å². The molecule has 1 amide bonds. The highest BCUT2D eigenvalue weighted by atomic mass is 16.5. The molecule has 1 aromatic rings. The molecule has 0 radical (unpaired) electrons. The highest BCUT2D eigenvalue weighted by Crippen LogP contribution is 2.24. The summed E-state index contributed by atoms with van der Waals surface area (Å²) in [5, 5.41) is 3.76. The smallest absolute Gasteiger partial charge is 0.276 e. The number of ether oxygens (including phenoxy) is 1. The number of aromatic nitrogens is 1. The molecule has 0 unspecified atom stereocenters. The highest BCUT2D eigenvalue weighted by molar-refractivity contribution is 5.92. The van der Waals surface area contributed by atoms with Crippen LogP contribution in [0.2, 0.25) is 0 Å². The maximum atomic E-state index is 12.5. The molecule has 2 saturated heterocycles. The summed E-state index contributed by atoms with van der Waals surface area (Å²) in [4.78, 5) is 16.8. The summed E-state index contributed by atoms with van der Waals surface area (Å²) in [6.45, 7) is 3.85. The standard InChI is InChI=1S/C14H21N3O3/c1-19-12-8-11(9-16-5-2-3-6-16)17(10-12)14(18)13-4-7-20-15-13/h4,7,11-12H,2-3,5-6,8-10H2,1H3/t11-,12-/m0/s1. The van der Waals surface area contributed by atoms with Crippen LogP contribution in [0.3, 0.4) is 0 Å². The summed E-state index contributed by atoms with van der Waals surface area (Å²) in [6.07, 6.45) is 4.98. The average Bonchev–Trinajstić information content (AvgIpc) is 3.20. The Kier molecular flexibility index (Phi) is 4.03. The molecule has 6 nitrogen and oxygen atoms in total. The van der Waals surface area contributed by atoms with Crippen LogP contribution in [-0.2, 0) is 4.74 Å². The minimum atomic E-state index is -0.0532. The van der Waals surface area contributed by atoms with Crippen LogP contribution in [0.15, 0.2) is 16.9 Å². The van der Waals surface area contributed by atoms with Crippen LogP contribution in [0.4, 0.5) is 0 Å². The lowest BCUT2D eigenvalue weighted by Crippen LogP contribution is -2.42. The lowest BCUT2D eigenvalue weighted by Gasteiger charge is -2.27. The molecule has 1 aromatic heterocycles. The zero-order chi connectivity index (χ0) is 13.9. The van der Waals surface area contributed by atoms with E-state index in [1.807, 2.05) is 4.90 Å². The van der Waals surface area contributed by atoms with Gasteiger partial charge in [0.1, 0.15) is 6.26 Å². The number of hydrogen-bond donors (Lipinski definition) is 0. The average molecular weight is 279 g/mol. The summed E-state index contributed by atoms with van der Waals surface area (Å²) >= 11 is 0. The minimum Gasteiger partial charge on any atom is -0.380 e. The number of nitrogens with zero attached hydrogens (tertiary/aromatic N) is 3. The van der Waals surface area contributed by atoms with Crippen molar-refractivity contribution in [3.05, 3.63) is 18.0 Å². The van der Waals surface area contributed by atoms with Gasteiger partial charge < -0.3 is 19.1 Å². The second-order valence-corrected chi connectivity index (χ2v) is 5.60. The topological polar surface area (TPSA) is 58.8 Å². The first-order valence-corrected chi connectivity index (χ1v) is 7.24. The molecule has 20 heavy (non-hydrogen) atoms. The molecule has 3 heterocycles. The fourth-order valence-corrected chi connectivity index (χ4v) is 3.20. The Bertz CT molecular complexity index is 443. The van der Waals surface area contributed by atoms with Gasteiger partial charge in [0.2, 0.25) is 0 Å². The van der Waals surface area contributed by atoms with Crippen LogP contribution in [0.25, 0.3) is 0 Å². The summed E-state index contributed by atoms with van der Waals surface area (Å²) in [5.74, 6) is -0.0532. The Balaban J connectivity index is 1.70. The fraction of sp³-hybridized carbons (Fsp3) is 0.714. The first-order valence-electron chi connectivity index (χ1n) is 7.24. The van der Waals surface area contributed by atoms with Crippen LogP contribution in [0.5, 0.6) is 0 Å². The molecule has 0 aromatic carbocycles. The SMILES string of the molecule is CO[C@H]1C[C@@H](CN2CCCC2)N(C(=O)c2ccon2)C1. The number of rotatable bonds is 4. The largest absolute Gasteiger partial charge is 0.380 e. The summed E-state index contributed by atoms with van der Waals surface area (Å²) in [7, 11) is 1.71. The van der Waals surface area contributed by atoms with Crippen LogP contribution >= 0.6 is 0 Å². The summed E-state index contributed by atoms with van der Waals surface area (Å²) in [5.41, 5.74) is 0.383. The van der Waals surface area contributed by atoms with Crippen molar-refractivity contribution in [2.45, 2.75) is 31.4 Å². The maximum absolute atomic E-state index is 12.5. The van der Waals surface area contributed by atoms with Gasteiger partial charge in [-0.2, -0.15) is 0 Å². The van der Waals surface area contributed by atoms with Gasteiger partial charge in [0.15, 0.2) is 5.69 Å². The van der Waals surface area contributed by atoms with Crippen molar-refractivity contribution in [3.8, 4) is 0 Å². The van der Waals surface area contributed by atoms with Crippen LogP contribution in [-0.4, -0.2) is 66.3 Å². The molecule has 0 saturated carbocycles. The van der Waals surface area contributed by atoms with Crippen LogP contribution in [0.1, 0.15) is 29.8 Å². The summed E-state index contributed by atoms with van der Waals surface area (Å²) < 4.78 is 10.2. The van der Waals surface area contributed by atoms with Crippen LogP contribution < -0.4 is 0 Å². The Morgan fingerprint density at radius 2 is 2.30 bits per heavy atom. The molecule has 2 atom stereocenters. The first-order chi connectivity index (χ1) is 9.78. The molecule has 0 bridgehead atoms. The van der Waals surface area contributed by atoms with Crippen molar-refractivity contribution < 1.29 is 14.1 Å². The highest BCUT2D eigenvalue weighted by Gasteiger charge is 2.37. The molecule has 3 rings (SSSR count). The number of carbonyl (C=O) groups excluding carboxylic acids is 1. The number of carbonyl (C=O) groups is 1. The van der Waals surface area contributed by atoms with Crippen molar-refractivity contribution in [1.82, 2.24) is 15.0 Å². The van der Waals surface area contributed by atoms with Gasteiger partial charge in [0.05, 0.1) is 6.10 Å². The number of likely N-dealkylation sites (tertiary alicyclic amines) is 2. The van der Waals surface area contributed by atoms with Crippen molar-refractivity contribution in [2.24, 2.45) is 0 Å². The predicted octanol–water partition coefficient (Wildman–Crippen LogP) is 1.000. The van der Waals surface area contributed by atoms with Crippen molar-refractivity contribution in [1.29, 1.82) is 0 Å². The molecule has 0 aliphatic carbocycles.